The third-order valence-corrected chi connectivity index (χ3v) is 3.98. The molecule has 0 aliphatic rings. The lowest BCUT2D eigenvalue weighted by Crippen LogP contribution is -2.24. The minimum atomic E-state index is -0.412. The van der Waals surface area contributed by atoms with E-state index in [4.69, 9.17) is 21.4 Å². The highest BCUT2D eigenvalue weighted by molar-refractivity contribution is 7.80. The van der Waals surface area contributed by atoms with Gasteiger partial charge in [-0.2, -0.15) is 5.10 Å². The Kier molecular flexibility index (Phi) is 6.70. The summed E-state index contributed by atoms with van der Waals surface area (Å²) >= 11 is 5.07. The van der Waals surface area contributed by atoms with Gasteiger partial charge in [-0.15, -0.1) is 0 Å². The average Bonchev–Trinajstić information content (AvgIpc) is 3.19. The normalized spacial score (nSPS) is 10.7. The van der Waals surface area contributed by atoms with E-state index in [1.165, 1.54) is 12.3 Å². The first-order chi connectivity index (χ1) is 14.1. The molecule has 0 aliphatic carbocycles. The van der Waals surface area contributed by atoms with Gasteiger partial charge in [0.2, 0.25) is 0 Å². The number of hydrogen-bond donors (Lipinski definition) is 2. The Balaban J connectivity index is 1.58. The van der Waals surface area contributed by atoms with Gasteiger partial charge in [-0.3, -0.25) is 5.43 Å². The van der Waals surface area contributed by atoms with Crippen LogP contribution in [0, 0.1) is 5.82 Å². The second-order valence-electron chi connectivity index (χ2n) is 5.80. The molecule has 8 heteroatoms. The number of benzene rings is 2. The van der Waals surface area contributed by atoms with Gasteiger partial charge in [0.05, 0.1) is 24.1 Å². The van der Waals surface area contributed by atoms with Crippen LogP contribution >= 0.6 is 12.2 Å². The van der Waals surface area contributed by atoms with Crippen molar-refractivity contribution in [3.8, 4) is 11.3 Å². The van der Waals surface area contributed by atoms with Crippen LogP contribution in [0.15, 0.2) is 70.2 Å². The number of furan rings is 1. The smallest absolute Gasteiger partial charge is 0.338 e. The number of hydrogen-bond acceptors (Lipinski definition) is 5. The van der Waals surface area contributed by atoms with E-state index in [9.17, 15) is 9.18 Å². The lowest BCUT2D eigenvalue weighted by atomic mass is 10.1. The van der Waals surface area contributed by atoms with Crippen molar-refractivity contribution in [3.05, 3.63) is 77.8 Å². The number of halogens is 1. The van der Waals surface area contributed by atoms with E-state index in [-0.39, 0.29) is 16.8 Å². The zero-order chi connectivity index (χ0) is 20.6. The molecule has 0 amide bonds. The minimum Gasteiger partial charge on any atom is -0.462 e. The van der Waals surface area contributed by atoms with E-state index in [1.54, 1.807) is 61.5 Å². The molecule has 0 radical (unpaired) electrons. The lowest BCUT2D eigenvalue weighted by Gasteiger charge is -2.07. The van der Waals surface area contributed by atoms with Crippen LogP contribution in [0.5, 0.6) is 0 Å². The molecule has 3 aromatic rings. The number of nitrogens with one attached hydrogen (secondary N) is 2. The van der Waals surface area contributed by atoms with E-state index in [0.717, 1.165) is 5.56 Å². The molecule has 0 saturated carbocycles. The summed E-state index contributed by atoms with van der Waals surface area (Å²) in [6.07, 6.45) is 1.45. The summed E-state index contributed by atoms with van der Waals surface area (Å²) in [6.45, 7) is 2.09. The maximum atomic E-state index is 13.6. The summed E-state index contributed by atoms with van der Waals surface area (Å²) in [6, 6.07) is 16.6. The van der Waals surface area contributed by atoms with Gasteiger partial charge in [-0.25, -0.2) is 9.18 Å². The number of carbonyl (C=O) groups is 1. The van der Waals surface area contributed by atoms with E-state index in [0.29, 0.717) is 23.7 Å². The molecule has 148 valence electrons. The molecule has 1 heterocycles. The Morgan fingerprint density at radius 1 is 1.17 bits per heavy atom. The summed E-state index contributed by atoms with van der Waals surface area (Å²) in [5.74, 6) is 0.340. The summed E-state index contributed by atoms with van der Waals surface area (Å²) in [7, 11) is 0. The number of carbonyl (C=O) groups excluding carboxylic acids is 1. The monoisotopic (exact) mass is 411 g/mol. The highest BCUT2D eigenvalue weighted by Crippen LogP contribution is 2.22. The Morgan fingerprint density at radius 3 is 2.66 bits per heavy atom. The van der Waals surface area contributed by atoms with Crippen LogP contribution in [-0.4, -0.2) is 23.9 Å². The van der Waals surface area contributed by atoms with E-state index >= 15 is 0 Å². The van der Waals surface area contributed by atoms with Crippen LogP contribution < -0.4 is 10.7 Å². The van der Waals surface area contributed by atoms with Gasteiger partial charge in [0, 0.05) is 5.56 Å². The van der Waals surface area contributed by atoms with Gasteiger partial charge >= 0.3 is 5.97 Å². The number of thiocarbonyl (C=S) groups is 1. The fraction of sp³-hybridized carbons (Fsp3) is 0.0952. The number of para-hydroxylation sites is 1. The fourth-order valence-electron chi connectivity index (χ4n) is 2.43. The predicted molar refractivity (Wildman–Crippen MR) is 113 cm³/mol. The van der Waals surface area contributed by atoms with Gasteiger partial charge in [0.25, 0.3) is 0 Å². The third-order valence-electron chi connectivity index (χ3n) is 3.79. The van der Waals surface area contributed by atoms with Crippen LogP contribution in [0.1, 0.15) is 23.0 Å². The minimum absolute atomic E-state index is 0.146. The first-order valence-electron chi connectivity index (χ1n) is 8.79. The zero-order valence-electron chi connectivity index (χ0n) is 15.5. The van der Waals surface area contributed by atoms with E-state index < -0.39 is 5.82 Å². The molecule has 2 aromatic carbocycles. The van der Waals surface area contributed by atoms with Crippen molar-refractivity contribution in [3.63, 3.8) is 0 Å². The molecule has 0 atom stereocenters. The van der Waals surface area contributed by atoms with Gasteiger partial charge in [0.1, 0.15) is 17.3 Å². The molecular weight excluding hydrogens is 393 g/mol. The van der Waals surface area contributed by atoms with Crippen LogP contribution in [0.4, 0.5) is 10.1 Å². The van der Waals surface area contributed by atoms with Crippen LogP contribution in [0.25, 0.3) is 11.3 Å². The van der Waals surface area contributed by atoms with Gasteiger partial charge in [-0.05, 0) is 55.5 Å². The first kappa shape index (κ1) is 20.2. The number of anilines is 1. The molecule has 0 spiro atoms. The molecule has 0 bridgehead atoms. The molecule has 3 rings (SSSR count). The molecule has 6 nitrogen and oxygen atoms in total. The van der Waals surface area contributed by atoms with Crippen LogP contribution in [-0.2, 0) is 4.74 Å². The predicted octanol–water partition coefficient (Wildman–Crippen LogP) is 4.58. The van der Waals surface area contributed by atoms with Crippen molar-refractivity contribution in [2.75, 3.05) is 11.9 Å². The largest absolute Gasteiger partial charge is 0.462 e. The van der Waals surface area contributed by atoms with Crippen molar-refractivity contribution in [2.24, 2.45) is 5.10 Å². The first-order valence-corrected chi connectivity index (χ1v) is 9.19. The molecule has 1 aromatic heterocycles. The van der Waals surface area contributed by atoms with Crippen molar-refractivity contribution in [1.29, 1.82) is 0 Å². The Labute approximate surface area is 172 Å². The van der Waals surface area contributed by atoms with Crippen LogP contribution in [0.3, 0.4) is 0 Å². The lowest BCUT2D eigenvalue weighted by molar-refractivity contribution is 0.0526. The number of rotatable bonds is 6. The second-order valence-corrected chi connectivity index (χ2v) is 6.21. The average molecular weight is 411 g/mol. The summed E-state index contributed by atoms with van der Waals surface area (Å²) < 4.78 is 24.2. The van der Waals surface area contributed by atoms with E-state index in [1.807, 2.05) is 0 Å². The van der Waals surface area contributed by atoms with Gasteiger partial charge in [0.15, 0.2) is 5.11 Å². The summed E-state index contributed by atoms with van der Waals surface area (Å²) in [5.41, 5.74) is 4.14. The maximum Gasteiger partial charge on any atom is 0.338 e. The number of nitrogens with zero attached hydrogens (tertiary/aromatic N) is 1. The molecule has 0 unspecified atom stereocenters. The number of hydrazone groups is 1. The standard InChI is InChI=1S/C21H18FN3O3S/c1-2-27-20(26)15-9-7-14(8-10-15)19-12-11-16(28-19)13-23-25-21(29)24-18-6-4-3-5-17(18)22/h3-13H,2H2,1H3,(H2,24,25,29)/b23-13-. The Morgan fingerprint density at radius 2 is 1.93 bits per heavy atom. The number of ether oxygens (including phenoxy) is 1. The molecular formula is C21H18FN3O3S. The van der Waals surface area contributed by atoms with Gasteiger partial charge < -0.3 is 14.5 Å². The number of esters is 1. The Hall–Kier alpha value is -3.52. The maximum absolute atomic E-state index is 13.6. The highest BCUT2D eigenvalue weighted by atomic mass is 32.1. The highest BCUT2D eigenvalue weighted by Gasteiger charge is 2.08. The molecule has 29 heavy (non-hydrogen) atoms. The Bertz CT molecular complexity index is 1030. The second kappa shape index (κ2) is 9.61. The quantitative estimate of drug-likeness (QED) is 0.268. The van der Waals surface area contributed by atoms with Gasteiger partial charge in [-0.1, -0.05) is 24.3 Å². The van der Waals surface area contributed by atoms with Crippen molar-refractivity contribution in [1.82, 2.24) is 5.43 Å². The molecule has 0 fully saturated rings. The van der Waals surface area contributed by atoms with E-state index in [2.05, 4.69) is 15.8 Å². The topological polar surface area (TPSA) is 75.9 Å². The molecule has 2 N–H and O–H groups in total. The third kappa shape index (κ3) is 5.49. The van der Waals surface area contributed by atoms with Crippen LogP contribution in [0.2, 0.25) is 0 Å². The summed E-state index contributed by atoms with van der Waals surface area (Å²) in [4.78, 5) is 11.7. The molecule has 0 aliphatic heterocycles. The zero-order valence-corrected chi connectivity index (χ0v) is 16.3. The summed E-state index contributed by atoms with van der Waals surface area (Å²) in [5, 5.41) is 6.84. The fourth-order valence-corrected chi connectivity index (χ4v) is 2.59. The van der Waals surface area contributed by atoms with Crippen molar-refractivity contribution < 1.29 is 18.3 Å². The van der Waals surface area contributed by atoms with Crippen molar-refractivity contribution >= 4 is 35.2 Å². The van der Waals surface area contributed by atoms with Crippen molar-refractivity contribution in [2.45, 2.75) is 6.92 Å². The molecule has 0 saturated heterocycles. The SMILES string of the molecule is CCOC(=O)c1ccc(-c2ccc(/C=N\NC(=S)Nc3ccccc3F)o2)cc1.